The lowest BCUT2D eigenvalue weighted by Gasteiger charge is -2.27. The van der Waals surface area contributed by atoms with E-state index in [0.29, 0.717) is 36.8 Å². The number of halogens is 1. The van der Waals surface area contributed by atoms with Crippen LogP contribution in [0.2, 0.25) is 0 Å². The molecular formula is C26H28FN7O. The Balaban J connectivity index is 1.47. The van der Waals surface area contributed by atoms with Gasteiger partial charge in [-0.2, -0.15) is 5.10 Å². The second-order valence-electron chi connectivity index (χ2n) is 8.62. The quantitative estimate of drug-likeness (QED) is 0.446. The van der Waals surface area contributed by atoms with Crippen molar-refractivity contribution in [1.82, 2.24) is 30.0 Å². The fourth-order valence-corrected chi connectivity index (χ4v) is 4.33. The predicted octanol–water partition coefficient (Wildman–Crippen LogP) is 3.39. The third-order valence-electron chi connectivity index (χ3n) is 6.26. The Morgan fingerprint density at radius 2 is 1.77 bits per heavy atom. The van der Waals surface area contributed by atoms with Crippen molar-refractivity contribution in [1.29, 1.82) is 0 Å². The molecule has 0 unspecified atom stereocenters. The molecule has 0 radical (unpaired) electrons. The fourth-order valence-electron chi connectivity index (χ4n) is 4.33. The molecule has 1 aliphatic rings. The number of benzene rings is 2. The molecule has 5 rings (SSSR count). The maximum Gasteiger partial charge on any atom is 0.253 e. The molecule has 1 saturated heterocycles. The Morgan fingerprint density at radius 3 is 2.46 bits per heavy atom. The van der Waals surface area contributed by atoms with Gasteiger partial charge in [0.05, 0.1) is 11.1 Å². The summed E-state index contributed by atoms with van der Waals surface area (Å²) >= 11 is 0. The van der Waals surface area contributed by atoms with Crippen LogP contribution in [0.15, 0.2) is 48.5 Å². The van der Waals surface area contributed by atoms with Crippen molar-refractivity contribution in [3.63, 3.8) is 0 Å². The predicted molar refractivity (Wildman–Crippen MR) is 134 cm³/mol. The Labute approximate surface area is 203 Å². The van der Waals surface area contributed by atoms with E-state index >= 15 is 0 Å². The van der Waals surface area contributed by atoms with Gasteiger partial charge >= 0.3 is 0 Å². The van der Waals surface area contributed by atoms with Crippen molar-refractivity contribution in [3.05, 3.63) is 71.2 Å². The smallest absolute Gasteiger partial charge is 0.253 e. The molecule has 4 aromatic rings. The summed E-state index contributed by atoms with van der Waals surface area (Å²) < 4.78 is 15.1. The van der Waals surface area contributed by atoms with Gasteiger partial charge in [-0.3, -0.25) is 4.79 Å². The van der Waals surface area contributed by atoms with Crippen LogP contribution in [0.1, 0.15) is 28.5 Å². The van der Waals surface area contributed by atoms with E-state index in [1.165, 1.54) is 12.1 Å². The number of hydrogen-bond donors (Lipinski definition) is 2. The molecule has 35 heavy (non-hydrogen) atoms. The molecule has 2 aromatic carbocycles. The topological polar surface area (TPSA) is 88.0 Å². The molecule has 180 valence electrons. The van der Waals surface area contributed by atoms with E-state index in [9.17, 15) is 9.18 Å². The fraction of sp³-hybridized carbons (Fsp3) is 0.308. The van der Waals surface area contributed by atoms with Gasteiger partial charge in [0.25, 0.3) is 5.91 Å². The van der Waals surface area contributed by atoms with Crippen LogP contribution in [-0.2, 0) is 20.0 Å². The number of nitrogens with one attached hydrogen (secondary N) is 2. The molecule has 1 amide bonds. The molecule has 0 saturated carbocycles. The minimum absolute atomic E-state index is 0.0373. The summed E-state index contributed by atoms with van der Waals surface area (Å²) in [6, 6.07) is 13.8. The molecule has 3 heterocycles. The van der Waals surface area contributed by atoms with Crippen LogP contribution in [0.25, 0.3) is 22.4 Å². The first-order chi connectivity index (χ1) is 17.0. The molecule has 1 aliphatic heterocycles. The Bertz CT molecular complexity index is 1340. The summed E-state index contributed by atoms with van der Waals surface area (Å²) in [5.74, 6) is 1.00. The normalized spacial score (nSPS) is 13.9. The Hall–Kier alpha value is -3.85. The molecule has 0 spiro atoms. The third-order valence-corrected chi connectivity index (χ3v) is 6.26. The third kappa shape index (κ3) is 4.72. The van der Waals surface area contributed by atoms with Gasteiger partial charge in [-0.25, -0.2) is 19.0 Å². The van der Waals surface area contributed by atoms with E-state index in [1.54, 1.807) is 16.8 Å². The Morgan fingerprint density at radius 1 is 1.06 bits per heavy atom. The van der Waals surface area contributed by atoms with Gasteiger partial charge < -0.3 is 15.5 Å². The van der Waals surface area contributed by atoms with E-state index in [0.717, 1.165) is 47.4 Å². The van der Waals surface area contributed by atoms with Gasteiger partial charge in [-0.15, -0.1) is 0 Å². The molecular weight excluding hydrogens is 445 g/mol. The van der Waals surface area contributed by atoms with Crippen molar-refractivity contribution in [2.24, 2.45) is 7.05 Å². The van der Waals surface area contributed by atoms with Gasteiger partial charge in [-0.05, 0) is 36.2 Å². The lowest BCUT2D eigenvalue weighted by molar-refractivity contribution is 0.0736. The minimum Gasteiger partial charge on any atom is -0.365 e. The van der Waals surface area contributed by atoms with Crippen LogP contribution >= 0.6 is 0 Å². The zero-order valence-corrected chi connectivity index (χ0v) is 19.9. The standard InChI is InChI=1S/C26H28FN7O/c1-3-21-22-24(29-16-17-4-10-20(27)11-5-17)30-23(31-25(22)33(2)32-21)18-6-8-19(9-7-18)26(35)34-14-12-28-13-15-34/h4-11,28H,3,12-16H2,1-2H3,(H,29,30,31). The summed E-state index contributed by atoms with van der Waals surface area (Å²) in [7, 11) is 1.87. The van der Waals surface area contributed by atoms with Crippen molar-refractivity contribution in [3.8, 4) is 11.4 Å². The molecule has 8 nitrogen and oxygen atoms in total. The summed E-state index contributed by atoms with van der Waals surface area (Å²) in [5.41, 5.74) is 4.05. The van der Waals surface area contributed by atoms with E-state index in [2.05, 4.69) is 15.7 Å². The number of piperazine rings is 1. The number of rotatable bonds is 6. The lowest BCUT2D eigenvalue weighted by Crippen LogP contribution is -2.46. The summed E-state index contributed by atoms with van der Waals surface area (Å²) in [6.07, 6.45) is 0.744. The number of hydrogen-bond acceptors (Lipinski definition) is 6. The highest BCUT2D eigenvalue weighted by Crippen LogP contribution is 2.28. The highest BCUT2D eigenvalue weighted by atomic mass is 19.1. The molecule has 0 aliphatic carbocycles. The van der Waals surface area contributed by atoms with Gasteiger partial charge in [0.2, 0.25) is 0 Å². The number of fused-ring (bicyclic) bond motifs is 1. The average molecular weight is 474 g/mol. The summed E-state index contributed by atoms with van der Waals surface area (Å²) in [6.45, 7) is 5.59. The first-order valence-corrected chi connectivity index (χ1v) is 11.9. The molecule has 2 N–H and O–H groups in total. The zero-order valence-electron chi connectivity index (χ0n) is 19.9. The lowest BCUT2D eigenvalue weighted by atomic mass is 10.1. The maximum atomic E-state index is 13.3. The number of nitrogens with zero attached hydrogens (tertiary/aromatic N) is 5. The van der Waals surface area contributed by atoms with Crippen LogP contribution in [0.3, 0.4) is 0 Å². The van der Waals surface area contributed by atoms with Crippen molar-refractivity contribution in [2.75, 3.05) is 31.5 Å². The summed E-state index contributed by atoms with van der Waals surface area (Å²) in [4.78, 5) is 24.3. The van der Waals surface area contributed by atoms with Crippen molar-refractivity contribution < 1.29 is 9.18 Å². The number of amides is 1. The molecule has 1 fully saturated rings. The first kappa shape index (κ1) is 22.9. The molecule has 0 bridgehead atoms. The second kappa shape index (κ2) is 9.79. The minimum atomic E-state index is -0.264. The highest BCUT2D eigenvalue weighted by Gasteiger charge is 2.20. The van der Waals surface area contributed by atoms with Crippen LogP contribution < -0.4 is 10.6 Å². The molecule has 2 aromatic heterocycles. The Kier molecular flexibility index (Phi) is 6.41. The number of aromatic nitrogens is 4. The van der Waals surface area contributed by atoms with E-state index < -0.39 is 0 Å². The SMILES string of the molecule is CCc1nn(C)c2nc(-c3ccc(C(=O)N4CCNCC4)cc3)nc(NCc3ccc(F)cc3)c12. The van der Waals surface area contributed by atoms with Gasteiger partial charge in [0.1, 0.15) is 11.6 Å². The molecule has 9 heteroatoms. The largest absolute Gasteiger partial charge is 0.365 e. The molecule has 0 atom stereocenters. The van der Waals surface area contributed by atoms with Crippen LogP contribution in [0, 0.1) is 5.82 Å². The first-order valence-electron chi connectivity index (χ1n) is 11.9. The second-order valence-corrected chi connectivity index (χ2v) is 8.62. The summed E-state index contributed by atoms with van der Waals surface area (Å²) in [5, 5.41) is 12.2. The average Bonchev–Trinajstić information content (AvgIpc) is 3.24. The monoisotopic (exact) mass is 473 g/mol. The van der Waals surface area contributed by atoms with E-state index in [1.807, 2.05) is 43.1 Å². The number of carbonyl (C=O) groups excluding carboxylic acids is 1. The van der Waals surface area contributed by atoms with Crippen LogP contribution in [0.5, 0.6) is 0 Å². The van der Waals surface area contributed by atoms with Gasteiger partial charge in [0, 0.05) is 50.9 Å². The highest BCUT2D eigenvalue weighted by molar-refractivity contribution is 5.95. The number of aryl methyl sites for hydroxylation is 2. The maximum absolute atomic E-state index is 13.3. The van der Waals surface area contributed by atoms with E-state index in [-0.39, 0.29) is 11.7 Å². The van der Waals surface area contributed by atoms with Crippen LogP contribution in [0.4, 0.5) is 10.2 Å². The van der Waals surface area contributed by atoms with Crippen LogP contribution in [-0.4, -0.2) is 56.7 Å². The van der Waals surface area contributed by atoms with Gasteiger partial charge in [-0.1, -0.05) is 31.2 Å². The van der Waals surface area contributed by atoms with E-state index in [4.69, 9.17) is 9.97 Å². The van der Waals surface area contributed by atoms with Gasteiger partial charge in [0.15, 0.2) is 11.5 Å². The number of carbonyl (C=O) groups is 1. The van der Waals surface area contributed by atoms with Crippen molar-refractivity contribution in [2.45, 2.75) is 19.9 Å². The zero-order chi connectivity index (χ0) is 24.4. The van der Waals surface area contributed by atoms with Crippen molar-refractivity contribution >= 4 is 22.8 Å². The number of anilines is 1.